The normalized spacial score (nSPS) is 17.1. The van der Waals surface area contributed by atoms with E-state index in [1.54, 1.807) is 25.1 Å². The van der Waals surface area contributed by atoms with Crippen molar-refractivity contribution >= 4 is 51.7 Å². The molecule has 0 saturated heterocycles. The summed E-state index contributed by atoms with van der Waals surface area (Å²) in [5.74, 6) is -0.468. The van der Waals surface area contributed by atoms with Gasteiger partial charge in [-0.25, -0.2) is 4.79 Å². The number of hydrogen-bond donors (Lipinski definition) is 4. The number of nitrogens with one attached hydrogen (secondary N) is 3. The van der Waals surface area contributed by atoms with Gasteiger partial charge in [-0.15, -0.1) is 0 Å². The Kier molecular flexibility index (Phi) is 7.39. The lowest BCUT2D eigenvalue weighted by Gasteiger charge is -2.38. The maximum atomic E-state index is 13.1. The van der Waals surface area contributed by atoms with Crippen molar-refractivity contribution in [1.29, 1.82) is 0 Å². The van der Waals surface area contributed by atoms with Crippen LogP contribution in [0.2, 0.25) is 10.0 Å². The number of benzene rings is 2. The summed E-state index contributed by atoms with van der Waals surface area (Å²) < 4.78 is 0. The van der Waals surface area contributed by atoms with Crippen molar-refractivity contribution < 1.29 is 9.59 Å². The number of hydrogen-bond acceptors (Lipinski definition) is 2. The van der Waals surface area contributed by atoms with Crippen LogP contribution in [0.1, 0.15) is 56.9 Å². The molecule has 1 heterocycles. The van der Waals surface area contributed by atoms with Gasteiger partial charge >= 0.3 is 6.03 Å². The van der Waals surface area contributed by atoms with E-state index < -0.39 is 17.5 Å². The van der Waals surface area contributed by atoms with Gasteiger partial charge in [0.2, 0.25) is 5.91 Å². The summed E-state index contributed by atoms with van der Waals surface area (Å²) in [5.41, 5.74) is 6.87. The summed E-state index contributed by atoms with van der Waals surface area (Å²) >= 11 is 12.4. The van der Waals surface area contributed by atoms with E-state index in [2.05, 4.69) is 15.6 Å². The van der Waals surface area contributed by atoms with E-state index in [0.29, 0.717) is 16.0 Å². The highest BCUT2D eigenvalue weighted by Gasteiger charge is 2.44. The first-order valence-corrected chi connectivity index (χ1v) is 12.4. The van der Waals surface area contributed by atoms with Gasteiger partial charge in [0.1, 0.15) is 5.54 Å². The molecule has 3 amide bonds. The van der Waals surface area contributed by atoms with Gasteiger partial charge in [-0.05, 0) is 43.0 Å². The summed E-state index contributed by atoms with van der Waals surface area (Å²) in [6.45, 7) is 1.71. The van der Waals surface area contributed by atoms with Crippen molar-refractivity contribution in [2.45, 2.75) is 56.9 Å². The topological polar surface area (TPSA) is 100 Å². The third-order valence-electron chi connectivity index (χ3n) is 7.07. The Bertz CT molecular complexity index is 1170. The molecule has 0 spiro atoms. The molecule has 8 heteroatoms. The second kappa shape index (κ2) is 10.3. The van der Waals surface area contributed by atoms with E-state index in [1.165, 1.54) is 19.3 Å². The molecule has 180 valence electrons. The molecule has 3 aromatic rings. The number of aromatic amines is 1. The number of rotatable bonds is 7. The third-order valence-corrected chi connectivity index (χ3v) is 7.70. The second-order valence-corrected chi connectivity index (χ2v) is 10.1. The Morgan fingerprint density at radius 1 is 1.09 bits per heavy atom. The number of H-pyrrole nitrogens is 1. The fraction of sp³-hybridized carbons (Fsp3) is 0.385. The maximum absolute atomic E-state index is 13.1. The van der Waals surface area contributed by atoms with Crippen LogP contribution >= 0.6 is 23.2 Å². The van der Waals surface area contributed by atoms with Crippen LogP contribution in [-0.2, 0) is 4.79 Å². The summed E-state index contributed by atoms with van der Waals surface area (Å²) in [5, 5.41) is 7.21. The van der Waals surface area contributed by atoms with Gasteiger partial charge in [-0.3, -0.25) is 4.79 Å². The molecular formula is C26H30Cl2N4O2. The van der Waals surface area contributed by atoms with Crippen LogP contribution < -0.4 is 16.4 Å². The van der Waals surface area contributed by atoms with Crippen molar-refractivity contribution in [3.8, 4) is 0 Å². The monoisotopic (exact) mass is 500 g/mol. The molecule has 34 heavy (non-hydrogen) atoms. The molecule has 5 N–H and O–H groups in total. The lowest BCUT2D eigenvalue weighted by molar-refractivity contribution is -0.124. The number of aromatic nitrogens is 1. The fourth-order valence-electron chi connectivity index (χ4n) is 5.13. The highest BCUT2D eigenvalue weighted by molar-refractivity contribution is 6.39. The van der Waals surface area contributed by atoms with Crippen molar-refractivity contribution in [1.82, 2.24) is 10.3 Å². The van der Waals surface area contributed by atoms with E-state index in [1.807, 2.05) is 30.5 Å². The van der Waals surface area contributed by atoms with E-state index in [9.17, 15) is 9.59 Å². The van der Waals surface area contributed by atoms with Gasteiger partial charge in [0.25, 0.3) is 0 Å². The molecule has 2 unspecified atom stereocenters. The van der Waals surface area contributed by atoms with Gasteiger partial charge in [0.05, 0.1) is 15.7 Å². The zero-order valence-corrected chi connectivity index (χ0v) is 20.7. The average Bonchev–Trinajstić information content (AvgIpc) is 3.24. The Hall–Kier alpha value is -2.70. The van der Waals surface area contributed by atoms with Crippen molar-refractivity contribution in [3.05, 3.63) is 64.3 Å². The minimum atomic E-state index is -1.35. The molecule has 1 fully saturated rings. The first-order valence-electron chi connectivity index (χ1n) is 11.7. The molecule has 0 bridgehead atoms. The number of halogens is 2. The Morgan fingerprint density at radius 2 is 1.76 bits per heavy atom. The summed E-state index contributed by atoms with van der Waals surface area (Å²) in [6, 6.07) is 12.3. The quantitative estimate of drug-likeness (QED) is 0.293. The molecule has 1 aliphatic rings. The SMILES string of the molecule is CC(NC(=O)Nc1c(Cl)cccc1Cl)(C(N)=O)C(CC1CCCCC1)c1c[nH]c2ccccc12. The van der Waals surface area contributed by atoms with Gasteiger partial charge in [0, 0.05) is 23.0 Å². The number of urea groups is 1. The van der Waals surface area contributed by atoms with Crippen LogP contribution in [-0.4, -0.2) is 22.5 Å². The molecule has 2 aromatic carbocycles. The second-order valence-electron chi connectivity index (χ2n) is 9.32. The zero-order valence-electron chi connectivity index (χ0n) is 19.2. The van der Waals surface area contributed by atoms with Crippen LogP contribution in [0.25, 0.3) is 10.9 Å². The minimum absolute atomic E-state index is 0.283. The number of amides is 3. The molecule has 6 nitrogen and oxygen atoms in total. The Labute approximate surface area is 209 Å². The van der Waals surface area contributed by atoms with Crippen LogP contribution in [0.3, 0.4) is 0 Å². The van der Waals surface area contributed by atoms with E-state index in [0.717, 1.165) is 35.7 Å². The third kappa shape index (κ3) is 5.03. The van der Waals surface area contributed by atoms with E-state index in [4.69, 9.17) is 28.9 Å². The number of nitrogens with two attached hydrogens (primary N) is 1. The number of fused-ring (bicyclic) bond motifs is 1. The standard InChI is InChI=1S/C26H30Cl2N4O2/c1-26(24(29)33,32-25(34)31-23-20(27)11-7-12-21(23)28)19(14-16-8-3-2-4-9-16)18-15-30-22-13-6-5-10-17(18)22/h5-7,10-13,15-16,19,30H,2-4,8-9,14H2,1H3,(H2,29,33)(H2,31,32,34). The zero-order chi connectivity index (χ0) is 24.3. The maximum Gasteiger partial charge on any atom is 0.320 e. The molecule has 0 aliphatic heterocycles. The Balaban J connectivity index is 1.69. The van der Waals surface area contributed by atoms with Gasteiger partial charge in [-0.2, -0.15) is 0 Å². The van der Waals surface area contributed by atoms with Crippen LogP contribution in [0, 0.1) is 5.92 Å². The van der Waals surface area contributed by atoms with Crippen molar-refractivity contribution in [3.63, 3.8) is 0 Å². The average molecular weight is 501 g/mol. The smallest absolute Gasteiger partial charge is 0.320 e. The van der Waals surface area contributed by atoms with Crippen molar-refractivity contribution in [2.24, 2.45) is 11.7 Å². The summed E-state index contributed by atoms with van der Waals surface area (Å²) in [4.78, 5) is 29.4. The summed E-state index contributed by atoms with van der Waals surface area (Å²) in [7, 11) is 0. The Morgan fingerprint density at radius 3 is 2.44 bits per heavy atom. The van der Waals surface area contributed by atoms with Gasteiger partial charge in [0.15, 0.2) is 0 Å². The first kappa shape index (κ1) is 24.4. The lowest BCUT2D eigenvalue weighted by atomic mass is 9.72. The van der Waals surface area contributed by atoms with E-state index in [-0.39, 0.29) is 11.6 Å². The molecular weight excluding hydrogens is 471 g/mol. The highest BCUT2D eigenvalue weighted by Crippen LogP contribution is 2.41. The molecule has 0 radical (unpaired) electrons. The highest BCUT2D eigenvalue weighted by atomic mass is 35.5. The summed E-state index contributed by atoms with van der Waals surface area (Å²) in [6.07, 6.45) is 8.48. The lowest BCUT2D eigenvalue weighted by Crippen LogP contribution is -2.60. The van der Waals surface area contributed by atoms with Crippen LogP contribution in [0.4, 0.5) is 10.5 Å². The molecule has 1 aliphatic carbocycles. The number of primary amides is 1. The number of carbonyl (C=O) groups excluding carboxylic acids is 2. The number of carbonyl (C=O) groups is 2. The predicted octanol–water partition coefficient (Wildman–Crippen LogP) is 6.59. The van der Waals surface area contributed by atoms with Crippen LogP contribution in [0.5, 0.6) is 0 Å². The number of para-hydroxylation sites is 2. The van der Waals surface area contributed by atoms with Gasteiger partial charge < -0.3 is 21.4 Å². The first-order chi connectivity index (χ1) is 16.3. The number of anilines is 1. The molecule has 4 rings (SSSR count). The van der Waals surface area contributed by atoms with E-state index >= 15 is 0 Å². The molecule has 1 saturated carbocycles. The molecule has 1 aromatic heterocycles. The van der Waals surface area contributed by atoms with Crippen LogP contribution in [0.15, 0.2) is 48.7 Å². The van der Waals surface area contributed by atoms with Gasteiger partial charge in [-0.1, -0.05) is 79.6 Å². The fourth-order valence-corrected chi connectivity index (χ4v) is 5.62. The largest absolute Gasteiger partial charge is 0.368 e. The predicted molar refractivity (Wildman–Crippen MR) is 138 cm³/mol. The minimum Gasteiger partial charge on any atom is -0.368 e. The van der Waals surface area contributed by atoms with Crippen molar-refractivity contribution in [2.75, 3.05) is 5.32 Å². The molecule has 2 atom stereocenters.